The molecule has 1 unspecified atom stereocenters. The van der Waals surface area contributed by atoms with E-state index in [1.54, 1.807) is 11.3 Å². The Labute approximate surface area is 140 Å². The second-order valence-corrected chi connectivity index (χ2v) is 6.61. The summed E-state index contributed by atoms with van der Waals surface area (Å²) in [5, 5.41) is 15.0. The fourth-order valence-electron chi connectivity index (χ4n) is 2.76. The van der Waals surface area contributed by atoms with Gasteiger partial charge < -0.3 is 10.6 Å². The van der Waals surface area contributed by atoms with Gasteiger partial charge in [0.25, 0.3) is 0 Å². The Morgan fingerprint density at radius 2 is 2.43 bits per heavy atom. The number of hydrogen-bond donors (Lipinski definition) is 2. The monoisotopic (exact) mass is 333 g/mol. The molecule has 6 nitrogen and oxygen atoms in total. The van der Waals surface area contributed by atoms with E-state index in [-0.39, 0.29) is 11.9 Å². The van der Waals surface area contributed by atoms with Gasteiger partial charge in [0.1, 0.15) is 5.82 Å². The first kappa shape index (κ1) is 16.1. The highest BCUT2D eigenvalue weighted by atomic mass is 32.1. The number of amides is 1. The molecule has 0 spiro atoms. The second-order valence-electron chi connectivity index (χ2n) is 5.83. The van der Waals surface area contributed by atoms with Crippen molar-refractivity contribution in [1.29, 1.82) is 0 Å². The summed E-state index contributed by atoms with van der Waals surface area (Å²) in [5.41, 5.74) is 1.28. The van der Waals surface area contributed by atoms with Crippen LogP contribution in [0.25, 0.3) is 0 Å². The summed E-state index contributed by atoms with van der Waals surface area (Å²) >= 11 is 1.69. The van der Waals surface area contributed by atoms with Crippen molar-refractivity contribution in [1.82, 2.24) is 25.4 Å². The molecule has 7 heteroatoms. The van der Waals surface area contributed by atoms with Gasteiger partial charge in [-0.15, -0.1) is 0 Å². The average Bonchev–Trinajstić information content (AvgIpc) is 3.21. The minimum atomic E-state index is 0.0545. The first-order valence-corrected chi connectivity index (χ1v) is 9.12. The molecule has 1 aliphatic rings. The lowest BCUT2D eigenvalue weighted by Crippen LogP contribution is -2.43. The van der Waals surface area contributed by atoms with Gasteiger partial charge >= 0.3 is 0 Å². The maximum absolute atomic E-state index is 11.9. The van der Waals surface area contributed by atoms with Crippen molar-refractivity contribution in [2.45, 2.75) is 45.2 Å². The molecule has 2 aromatic heterocycles. The summed E-state index contributed by atoms with van der Waals surface area (Å²) in [4.78, 5) is 16.4. The van der Waals surface area contributed by atoms with Gasteiger partial charge in [-0.25, -0.2) is 9.67 Å². The third-order valence-corrected chi connectivity index (χ3v) is 4.82. The Hall–Kier alpha value is -1.73. The molecule has 1 atom stereocenters. The van der Waals surface area contributed by atoms with Crippen LogP contribution in [-0.2, 0) is 30.6 Å². The molecule has 1 aliphatic heterocycles. The molecule has 0 bridgehead atoms. The molecule has 3 heterocycles. The largest absolute Gasteiger partial charge is 0.355 e. The summed E-state index contributed by atoms with van der Waals surface area (Å²) < 4.78 is 1.98. The number of thiophene rings is 1. The van der Waals surface area contributed by atoms with E-state index in [2.05, 4.69) is 44.5 Å². The van der Waals surface area contributed by atoms with Gasteiger partial charge in [-0.2, -0.15) is 16.4 Å². The Kier molecular flexibility index (Phi) is 5.40. The minimum absolute atomic E-state index is 0.0545. The molecule has 0 saturated heterocycles. The van der Waals surface area contributed by atoms with Crippen LogP contribution in [0.5, 0.6) is 0 Å². The number of aryl methyl sites for hydroxylation is 2. The quantitative estimate of drug-likeness (QED) is 0.798. The van der Waals surface area contributed by atoms with Gasteiger partial charge in [-0.3, -0.25) is 4.79 Å². The standard InChI is InChI=1S/C16H23N5OS/c1-2-14-19-15-4-3-13(10-21(15)20-14)18-9-16(22)17-7-5-12-6-8-23-11-12/h6,8,11,13,18H,2-5,7,9-10H2,1H3,(H,17,22). The molecule has 124 valence electrons. The molecule has 0 aromatic carbocycles. The van der Waals surface area contributed by atoms with Crippen molar-refractivity contribution >= 4 is 17.2 Å². The Morgan fingerprint density at radius 1 is 1.52 bits per heavy atom. The van der Waals surface area contributed by atoms with Crippen LogP contribution in [0.4, 0.5) is 0 Å². The normalized spacial score (nSPS) is 17.0. The highest BCUT2D eigenvalue weighted by Gasteiger charge is 2.21. The number of carbonyl (C=O) groups is 1. The lowest BCUT2D eigenvalue weighted by Gasteiger charge is -2.23. The van der Waals surface area contributed by atoms with Crippen LogP contribution in [0.15, 0.2) is 16.8 Å². The molecule has 0 aliphatic carbocycles. The number of nitrogens with one attached hydrogen (secondary N) is 2. The van der Waals surface area contributed by atoms with Crippen LogP contribution in [0.1, 0.15) is 30.6 Å². The SMILES string of the molecule is CCc1nc2n(n1)CC(NCC(=O)NCCc1ccsc1)CC2. The van der Waals surface area contributed by atoms with Crippen molar-refractivity contribution < 1.29 is 4.79 Å². The molecule has 2 aromatic rings. The van der Waals surface area contributed by atoms with E-state index in [1.807, 2.05) is 4.68 Å². The van der Waals surface area contributed by atoms with E-state index < -0.39 is 0 Å². The van der Waals surface area contributed by atoms with Gasteiger partial charge in [0.05, 0.1) is 13.1 Å². The number of fused-ring (bicyclic) bond motifs is 1. The predicted molar refractivity (Wildman–Crippen MR) is 90.5 cm³/mol. The second kappa shape index (κ2) is 7.70. The zero-order valence-electron chi connectivity index (χ0n) is 13.4. The molecule has 0 fully saturated rings. The molecule has 0 saturated carbocycles. The summed E-state index contributed by atoms with van der Waals surface area (Å²) in [6.45, 7) is 3.91. The number of nitrogens with zero attached hydrogens (tertiary/aromatic N) is 3. The summed E-state index contributed by atoms with van der Waals surface area (Å²) in [5.74, 6) is 2.03. The third kappa shape index (κ3) is 4.39. The van der Waals surface area contributed by atoms with Crippen LogP contribution in [0.3, 0.4) is 0 Å². The van der Waals surface area contributed by atoms with E-state index in [4.69, 9.17) is 0 Å². The molecule has 0 radical (unpaired) electrons. The maximum atomic E-state index is 11.9. The lowest BCUT2D eigenvalue weighted by atomic mass is 10.1. The molecule has 2 N–H and O–H groups in total. The third-order valence-electron chi connectivity index (χ3n) is 4.09. The zero-order chi connectivity index (χ0) is 16.1. The fraction of sp³-hybridized carbons (Fsp3) is 0.562. The highest BCUT2D eigenvalue weighted by molar-refractivity contribution is 7.07. The number of rotatable bonds is 7. The van der Waals surface area contributed by atoms with Crippen molar-refractivity contribution in [2.24, 2.45) is 0 Å². The van der Waals surface area contributed by atoms with Crippen LogP contribution in [0.2, 0.25) is 0 Å². The van der Waals surface area contributed by atoms with Crippen molar-refractivity contribution in [3.8, 4) is 0 Å². The number of carbonyl (C=O) groups excluding carboxylic acids is 1. The smallest absolute Gasteiger partial charge is 0.233 e. The molecule has 1 amide bonds. The topological polar surface area (TPSA) is 71.8 Å². The van der Waals surface area contributed by atoms with Crippen LogP contribution in [-0.4, -0.2) is 39.8 Å². The van der Waals surface area contributed by atoms with E-state index in [1.165, 1.54) is 5.56 Å². The van der Waals surface area contributed by atoms with Gasteiger partial charge in [0.2, 0.25) is 5.91 Å². The highest BCUT2D eigenvalue weighted by Crippen LogP contribution is 2.13. The maximum Gasteiger partial charge on any atom is 0.233 e. The van der Waals surface area contributed by atoms with Gasteiger partial charge in [0.15, 0.2) is 5.82 Å². The number of aromatic nitrogens is 3. The van der Waals surface area contributed by atoms with Crippen molar-refractivity contribution in [2.75, 3.05) is 13.1 Å². The lowest BCUT2D eigenvalue weighted by molar-refractivity contribution is -0.120. The fourth-order valence-corrected chi connectivity index (χ4v) is 3.46. The molecular formula is C16H23N5OS. The Balaban J connectivity index is 1.37. The Morgan fingerprint density at radius 3 is 3.22 bits per heavy atom. The van der Waals surface area contributed by atoms with Crippen molar-refractivity contribution in [3.05, 3.63) is 34.0 Å². The summed E-state index contributed by atoms with van der Waals surface area (Å²) in [6.07, 6.45) is 3.68. The van der Waals surface area contributed by atoms with Gasteiger partial charge in [-0.05, 0) is 35.2 Å². The predicted octanol–water partition coefficient (Wildman–Crippen LogP) is 1.17. The molecular weight excluding hydrogens is 310 g/mol. The number of hydrogen-bond acceptors (Lipinski definition) is 5. The van der Waals surface area contributed by atoms with Crippen LogP contribution >= 0.6 is 11.3 Å². The van der Waals surface area contributed by atoms with Gasteiger partial charge in [0, 0.05) is 25.4 Å². The average molecular weight is 333 g/mol. The minimum Gasteiger partial charge on any atom is -0.355 e. The van der Waals surface area contributed by atoms with E-state index >= 15 is 0 Å². The van der Waals surface area contributed by atoms with Crippen LogP contribution < -0.4 is 10.6 Å². The first-order chi connectivity index (χ1) is 11.2. The molecule has 3 rings (SSSR count). The molecule has 23 heavy (non-hydrogen) atoms. The summed E-state index contributed by atoms with van der Waals surface area (Å²) in [7, 11) is 0. The first-order valence-electron chi connectivity index (χ1n) is 8.18. The van der Waals surface area contributed by atoms with E-state index in [0.29, 0.717) is 13.1 Å². The van der Waals surface area contributed by atoms with Crippen molar-refractivity contribution in [3.63, 3.8) is 0 Å². The summed E-state index contributed by atoms with van der Waals surface area (Å²) in [6, 6.07) is 2.38. The Bertz CT molecular complexity index is 637. The zero-order valence-corrected chi connectivity index (χ0v) is 14.2. The van der Waals surface area contributed by atoms with E-state index in [0.717, 1.165) is 43.9 Å². The van der Waals surface area contributed by atoms with Gasteiger partial charge in [-0.1, -0.05) is 6.92 Å². The van der Waals surface area contributed by atoms with Crippen LogP contribution in [0, 0.1) is 0 Å². The van der Waals surface area contributed by atoms with E-state index in [9.17, 15) is 4.79 Å².